The Kier molecular flexibility index (Phi) is 4.18. The summed E-state index contributed by atoms with van der Waals surface area (Å²) in [6.45, 7) is 4.24. The molecule has 0 aromatic heterocycles. The predicted molar refractivity (Wildman–Crippen MR) is 64.4 cm³/mol. The first-order chi connectivity index (χ1) is 7.38. The third-order valence-corrected chi connectivity index (χ3v) is 3.52. The van der Waals surface area contributed by atoms with Crippen LogP contribution >= 0.6 is 15.9 Å². The number of alkyl halides is 1. The normalized spacial score (nSPS) is 26.5. The molecule has 1 N–H and O–H groups in total. The maximum Gasteiger partial charge on any atom is 0.116 e. The van der Waals surface area contributed by atoms with Crippen molar-refractivity contribution in [2.75, 3.05) is 25.0 Å². The van der Waals surface area contributed by atoms with E-state index < -0.39 is 0 Å². The Bertz CT molecular complexity index is 291. The van der Waals surface area contributed by atoms with Gasteiger partial charge in [0.1, 0.15) is 25.7 Å². The van der Waals surface area contributed by atoms with E-state index in [4.69, 9.17) is 4.74 Å². The number of benzene rings is 1. The highest BCUT2D eigenvalue weighted by molar-refractivity contribution is 9.09. The molecule has 0 radical (unpaired) electrons. The van der Waals surface area contributed by atoms with Gasteiger partial charge in [0.2, 0.25) is 0 Å². The first-order valence-corrected chi connectivity index (χ1v) is 6.55. The number of quaternary nitrogens is 1. The van der Waals surface area contributed by atoms with Crippen molar-refractivity contribution in [3.8, 4) is 0 Å². The van der Waals surface area contributed by atoms with Gasteiger partial charge in [0.05, 0.1) is 6.61 Å². The van der Waals surface area contributed by atoms with E-state index in [0.29, 0.717) is 6.10 Å². The molecule has 1 fully saturated rings. The summed E-state index contributed by atoms with van der Waals surface area (Å²) in [5.74, 6) is 0. The second-order valence-corrected chi connectivity index (χ2v) is 4.66. The molecule has 2 nitrogen and oxygen atoms in total. The molecule has 1 aromatic rings. The van der Waals surface area contributed by atoms with Gasteiger partial charge >= 0.3 is 0 Å². The molecular weight excluding hydrogens is 254 g/mol. The van der Waals surface area contributed by atoms with Gasteiger partial charge < -0.3 is 9.64 Å². The fourth-order valence-corrected chi connectivity index (χ4v) is 2.41. The van der Waals surface area contributed by atoms with Crippen LogP contribution in [0.4, 0.5) is 0 Å². The smallest absolute Gasteiger partial charge is 0.116 e. The van der Waals surface area contributed by atoms with Crippen molar-refractivity contribution in [3.05, 3.63) is 35.9 Å². The number of nitrogens with one attached hydrogen (secondary N) is 1. The van der Waals surface area contributed by atoms with Crippen LogP contribution in [-0.4, -0.2) is 31.1 Å². The van der Waals surface area contributed by atoms with E-state index in [2.05, 4.69) is 46.3 Å². The zero-order valence-corrected chi connectivity index (χ0v) is 10.4. The average Bonchev–Trinajstić information content (AvgIpc) is 2.31. The highest BCUT2D eigenvalue weighted by atomic mass is 79.9. The number of morpholine rings is 1. The highest BCUT2D eigenvalue weighted by Gasteiger charge is 2.22. The minimum Gasteiger partial charge on any atom is -0.366 e. The summed E-state index contributed by atoms with van der Waals surface area (Å²) in [4.78, 5) is 1.62. The molecule has 1 aliphatic heterocycles. The summed E-state index contributed by atoms with van der Waals surface area (Å²) in [6, 6.07) is 10.7. The van der Waals surface area contributed by atoms with Gasteiger partial charge in [-0.15, -0.1) is 0 Å². The van der Waals surface area contributed by atoms with Crippen molar-refractivity contribution in [1.29, 1.82) is 0 Å². The van der Waals surface area contributed by atoms with Crippen LogP contribution < -0.4 is 4.90 Å². The zero-order valence-electron chi connectivity index (χ0n) is 8.79. The Morgan fingerprint density at radius 3 is 2.87 bits per heavy atom. The number of ether oxygens (including phenoxy) is 1. The maximum atomic E-state index is 5.63. The minimum atomic E-state index is 0.387. The molecule has 1 aromatic carbocycles. The summed E-state index contributed by atoms with van der Waals surface area (Å²) in [5, 5.41) is 0.950. The summed E-state index contributed by atoms with van der Waals surface area (Å²) >= 11 is 3.49. The number of rotatable bonds is 3. The van der Waals surface area contributed by atoms with Crippen molar-refractivity contribution in [1.82, 2.24) is 0 Å². The largest absolute Gasteiger partial charge is 0.366 e. The molecule has 0 bridgehead atoms. The first-order valence-electron chi connectivity index (χ1n) is 5.43. The molecule has 1 heterocycles. The Labute approximate surface area is 99.4 Å². The molecule has 82 valence electrons. The minimum absolute atomic E-state index is 0.387. The zero-order chi connectivity index (χ0) is 10.5. The molecule has 0 saturated carbocycles. The van der Waals surface area contributed by atoms with Gasteiger partial charge in [0, 0.05) is 10.9 Å². The molecule has 0 aliphatic carbocycles. The Morgan fingerprint density at radius 2 is 2.13 bits per heavy atom. The molecule has 1 saturated heterocycles. The number of halogens is 1. The average molecular weight is 271 g/mol. The molecule has 15 heavy (non-hydrogen) atoms. The molecule has 0 spiro atoms. The fourth-order valence-electron chi connectivity index (χ4n) is 2.00. The second-order valence-electron chi connectivity index (χ2n) is 4.01. The van der Waals surface area contributed by atoms with Crippen LogP contribution in [-0.2, 0) is 11.3 Å². The van der Waals surface area contributed by atoms with Crippen molar-refractivity contribution in [2.24, 2.45) is 0 Å². The van der Waals surface area contributed by atoms with Crippen molar-refractivity contribution >= 4 is 15.9 Å². The lowest BCUT2D eigenvalue weighted by Gasteiger charge is -2.29. The Hall–Kier alpha value is -0.380. The molecular formula is C12H17BrNO+. The molecule has 0 amide bonds. The predicted octanol–water partition coefficient (Wildman–Crippen LogP) is 0.865. The van der Waals surface area contributed by atoms with E-state index in [-0.39, 0.29) is 0 Å². The van der Waals surface area contributed by atoms with Gasteiger partial charge in [0.15, 0.2) is 0 Å². The summed E-state index contributed by atoms with van der Waals surface area (Å²) in [6.07, 6.45) is 0.387. The summed E-state index contributed by atoms with van der Waals surface area (Å²) in [7, 11) is 0. The topological polar surface area (TPSA) is 13.7 Å². The van der Waals surface area contributed by atoms with Gasteiger partial charge in [0.25, 0.3) is 0 Å². The van der Waals surface area contributed by atoms with E-state index in [1.165, 1.54) is 5.56 Å². The van der Waals surface area contributed by atoms with Crippen LogP contribution in [0.5, 0.6) is 0 Å². The highest BCUT2D eigenvalue weighted by Crippen LogP contribution is 1.99. The van der Waals surface area contributed by atoms with E-state index in [1.807, 2.05) is 0 Å². The lowest BCUT2D eigenvalue weighted by atomic mass is 10.2. The lowest BCUT2D eigenvalue weighted by molar-refractivity contribution is -0.924. The molecule has 2 rings (SSSR count). The van der Waals surface area contributed by atoms with Crippen molar-refractivity contribution in [3.63, 3.8) is 0 Å². The van der Waals surface area contributed by atoms with Crippen LogP contribution in [0.1, 0.15) is 5.56 Å². The van der Waals surface area contributed by atoms with Crippen LogP contribution in [0.3, 0.4) is 0 Å². The SMILES string of the molecule is BrC[C@@H]1C[NH+](Cc2ccccc2)CCO1. The Balaban J connectivity index is 1.89. The monoisotopic (exact) mass is 270 g/mol. The van der Waals surface area contributed by atoms with Gasteiger partial charge in [-0.1, -0.05) is 46.3 Å². The van der Waals surface area contributed by atoms with Gasteiger partial charge in [-0.2, -0.15) is 0 Å². The Morgan fingerprint density at radius 1 is 1.33 bits per heavy atom. The molecule has 1 unspecified atom stereocenters. The summed E-state index contributed by atoms with van der Waals surface area (Å²) in [5.41, 5.74) is 1.42. The van der Waals surface area contributed by atoms with Crippen LogP contribution in [0.15, 0.2) is 30.3 Å². The van der Waals surface area contributed by atoms with Gasteiger partial charge in [-0.25, -0.2) is 0 Å². The van der Waals surface area contributed by atoms with Crippen LogP contribution in [0.25, 0.3) is 0 Å². The molecule has 3 heteroatoms. The summed E-state index contributed by atoms with van der Waals surface area (Å²) < 4.78 is 5.63. The van der Waals surface area contributed by atoms with Crippen molar-refractivity contribution < 1.29 is 9.64 Å². The number of hydrogen-bond acceptors (Lipinski definition) is 1. The van der Waals surface area contributed by atoms with E-state index in [9.17, 15) is 0 Å². The second kappa shape index (κ2) is 5.64. The van der Waals surface area contributed by atoms with E-state index >= 15 is 0 Å². The van der Waals surface area contributed by atoms with Crippen molar-refractivity contribution in [2.45, 2.75) is 12.6 Å². The van der Waals surface area contributed by atoms with Gasteiger partial charge in [-0.3, -0.25) is 0 Å². The maximum absolute atomic E-state index is 5.63. The third-order valence-electron chi connectivity index (χ3n) is 2.79. The fraction of sp³-hybridized carbons (Fsp3) is 0.500. The number of hydrogen-bond donors (Lipinski definition) is 1. The van der Waals surface area contributed by atoms with E-state index in [1.54, 1.807) is 4.90 Å². The van der Waals surface area contributed by atoms with Crippen LogP contribution in [0.2, 0.25) is 0 Å². The van der Waals surface area contributed by atoms with Crippen LogP contribution in [0, 0.1) is 0 Å². The quantitative estimate of drug-likeness (QED) is 0.805. The molecule has 1 aliphatic rings. The lowest BCUT2D eigenvalue weighted by Crippen LogP contribution is -3.13. The third kappa shape index (κ3) is 3.30. The van der Waals surface area contributed by atoms with Gasteiger partial charge in [-0.05, 0) is 0 Å². The van der Waals surface area contributed by atoms with E-state index in [0.717, 1.165) is 31.6 Å². The standard InChI is InChI=1S/C12H16BrNO/c13-8-12-10-14(6-7-15-12)9-11-4-2-1-3-5-11/h1-5,12H,6-10H2/p+1/t12-/m1/s1. The molecule has 2 atom stereocenters. The first kappa shape index (κ1) is 11.1.